The number of hydrogen-bond donors (Lipinski definition) is 2. The van der Waals surface area contributed by atoms with E-state index in [0.29, 0.717) is 11.6 Å². The zero-order chi connectivity index (χ0) is 15.8. The second kappa shape index (κ2) is 8.59. The molecular weight excluding hydrogens is 286 g/mol. The van der Waals surface area contributed by atoms with Crippen LogP contribution < -0.4 is 16.2 Å². The van der Waals surface area contributed by atoms with E-state index in [4.69, 9.17) is 28.4 Å². The molecule has 116 valence electrons. The molecule has 0 spiro atoms. The van der Waals surface area contributed by atoms with Crippen molar-refractivity contribution in [2.45, 2.75) is 26.3 Å². The lowest BCUT2D eigenvalue weighted by atomic mass is 10.2. The van der Waals surface area contributed by atoms with E-state index in [-0.39, 0.29) is 18.5 Å². The van der Waals surface area contributed by atoms with Gasteiger partial charge in [0, 0.05) is 18.2 Å². The first-order valence-electron chi connectivity index (χ1n) is 6.95. The van der Waals surface area contributed by atoms with Gasteiger partial charge in [0.1, 0.15) is 10.7 Å². The largest absolute Gasteiger partial charge is 0.494 e. The van der Waals surface area contributed by atoms with Crippen LogP contribution in [0.3, 0.4) is 0 Å². The van der Waals surface area contributed by atoms with Crippen LogP contribution >= 0.6 is 12.2 Å². The topological polar surface area (TPSA) is 81.6 Å². The highest BCUT2D eigenvalue weighted by atomic mass is 32.1. The van der Waals surface area contributed by atoms with Gasteiger partial charge >= 0.3 is 0 Å². The quantitative estimate of drug-likeness (QED) is 0.530. The number of rotatable bonds is 9. The predicted octanol–water partition coefficient (Wildman–Crippen LogP) is 1.29. The highest BCUT2D eigenvalue weighted by molar-refractivity contribution is 7.80. The van der Waals surface area contributed by atoms with Crippen molar-refractivity contribution in [1.29, 1.82) is 0 Å². The molecule has 21 heavy (non-hydrogen) atoms. The molecule has 0 heterocycles. The second-order valence-corrected chi connectivity index (χ2v) is 5.56. The Morgan fingerprint density at radius 1 is 1.38 bits per heavy atom. The molecule has 1 amide bonds. The molecule has 0 unspecified atom stereocenters. The Kier molecular flexibility index (Phi) is 7.11. The lowest BCUT2D eigenvalue weighted by Gasteiger charge is -2.24. The van der Waals surface area contributed by atoms with E-state index in [0.717, 1.165) is 24.3 Å². The van der Waals surface area contributed by atoms with Gasteiger partial charge in [-0.1, -0.05) is 24.4 Å². The molecule has 1 aromatic carbocycles. The average molecular weight is 309 g/mol. The Hall–Kier alpha value is -1.66. The summed E-state index contributed by atoms with van der Waals surface area (Å²) < 4.78 is 5.67. The van der Waals surface area contributed by atoms with Gasteiger partial charge in [-0.05, 0) is 32.4 Å². The molecule has 5 nitrogen and oxygen atoms in total. The van der Waals surface area contributed by atoms with Gasteiger partial charge in [0.25, 0.3) is 0 Å². The van der Waals surface area contributed by atoms with Crippen molar-refractivity contribution in [2.24, 2.45) is 11.5 Å². The van der Waals surface area contributed by atoms with Crippen LogP contribution in [-0.4, -0.2) is 41.5 Å². The standard InChI is InChI=1S/C15H23N3O2S/c1-11(2)18(10-14(16)19)7-4-8-20-13-6-3-5-12(9-13)15(17)21/h3,5-6,9,11H,4,7-8,10H2,1-2H3,(H2,16,19)(H2,17,21). The van der Waals surface area contributed by atoms with Crippen molar-refractivity contribution in [3.05, 3.63) is 29.8 Å². The molecule has 4 N–H and O–H groups in total. The maximum Gasteiger partial charge on any atom is 0.231 e. The van der Waals surface area contributed by atoms with Crippen molar-refractivity contribution in [1.82, 2.24) is 4.90 Å². The Morgan fingerprint density at radius 3 is 2.67 bits per heavy atom. The Balaban J connectivity index is 2.40. The first-order valence-corrected chi connectivity index (χ1v) is 7.36. The normalized spacial score (nSPS) is 10.9. The minimum Gasteiger partial charge on any atom is -0.494 e. The van der Waals surface area contributed by atoms with E-state index in [1.165, 1.54) is 0 Å². The first-order chi connectivity index (χ1) is 9.90. The molecule has 1 aromatic rings. The molecular formula is C15H23N3O2S. The molecule has 6 heteroatoms. The number of nitrogens with two attached hydrogens (primary N) is 2. The van der Waals surface area contributed by atoms with E-state index in [1.807, 2.05) is 43.0 Å². The fourth-order valence-electron chi connectivity index (χ4n) is 1.92. The van der Waals surface area contributed by atoms with Gasteiger partial charge in [-0.2, -0.15) is 0 Å². The zero-order valence-electron chi connectivity index (χ0n) is 12.5. The summed E-state index contributed by atoms with van der Waals surface area (Å²) in [5, 5.41) is 0. The van der Waals surface area contributed by atoms with E-state index in [9.17, 15) is 4.79 Å². The van der Waals surface area contributed by atoms with E-state index < -0.39 is 0 Å². The lowest BCUT2D eigenvalue weighted by molar-refractivity contribution is -0.119. The smallest absolute Gasteiger partial charge is 0.231 e. The van der Waals surface area contributed by atoms with Gasteiger partial charge < -0.3 is 16.2 Å². The second-order valence-electron chi connectivity index (χ2n) is 5.12. The molecule has 0 aromatic heterocycles. The summed E-state index contributed by atoms with van der Waals surface area (Å²) in [5.41, 5.74) is 11.6. The number of hydrogen-bond acceptors (Lipinski definition) is 4. The molecule has 0 aliphatic heterocycles. The molecule has 0 aliphatic rings. The monoisotopic (exact) mass is 309 g/mol. The first kappa shape index (κ1) is 17.4. The molecule has 0 aliphatic carbocycles. The molecule has 0 saturated carbocycles. The number of amides is 1. The van der Waals surface area contributed by atoms with Crippen LogP contribution in [0.1, 0.15) is 25.8 Å². The molecule has 0 atom stereocenters. The molecule has 0 fully saturated rings. The Morgan fingerprint density at radius 2 is 2.10 bits per heavy atom. The number of nitrogens with zero attached hydrogens (tertiary/aromatic N) is 1. The van der Waals surface area contributed by atoms with Crippen LogP contribution in [0.15, 0.2) is 24.3 Å². The van der Waals surface area contributed by atoms with Crippen LogP contribution in [-0.2, 0) is 4.79 Å². The number of carbonyl (C=O) groups is 1. The fraction of sp³-hybridized carbons (Fsp3) is 0.467. The van der Waals surface area contributed by atoms with E-state index in [1.54, 1.807) is 0 Å². The zero-order valence-corrected chi connectivity index (χ0v) is 13.4. The minimum atomic E-state index is -0.311. The lowest BCUT2D eigenvalue weighted by Crippen LogP contribution is -2.39. The van der Waals surface area contributed by atoms with Crippen LogP contribution in [0.25, 0.3) is 0 Å². The Bertz CT molecular complexity index is 492. The number of benzene rings is 1. The van der Waals surface area contributed by atoms with Crippen molar-refractivity contribution >= 4 is 23.1 Å². The van der Waals surface area contributed by atoms with Gasteiger partial charge in [0.15, 0.2) is 0 Å². The summed E-state index contributed by atoms with van der Waals surface area (Å²) in [6.07, 6.45) is 0.808. The average Bonchev–Trinajstić information content (AvgIpc) is 2.41. The number of ether oxygens (including phenoxy) is 1. The van der Waals surface area contributed by atoms with Crippen molar-refractivity contribution < 1.29 is 9.53 Å². The van der Waals surface area contributed by atoms with Gasteiger partial charge in [-0.3, -0.25) is 9.69 Å². The molecule has 0 radical (unpaired) electrons. The van der Waals surface area contributed by atoms with Crippen LogP contribution in [0.5, 0.6) is 5.75 Å². The molecule has 1 rings (SSSR count). The Labute approximate surface area is 131 Å². The highest BCUT2D eigenvalue weighted by Crippen LogP contribution is 2.13. The van der Waals surface area contributed by atoms with Crippen molar-refractivity contribution in [2.75, 3.05) is 19.7 Å². The van der Waals surface area contributed by atoms with Crippen LogP contribution in [0, 0.1) is 0 Å². The third-order valence-electron chi connectivity index (χ3n) is 3.07. The van der Waals surface area contributed by atoms with Crippen LogP contribution in [0.2, 0.25) is 0 Å². The number of carbonyl (C=O) groups excluding carboxylic acids is 1. The van der Waals surface area contributed by atoms with Gasteiger partial charge in [-0.25, -0.2) is 0 Å². The summed E-state index contributed by atoms with van der Waals surface area (Å²) in [7, 11) is 0. The fourth-order valence-corrected chi connectivity index (χ4v) is 2.04. The van der Waals surface area contributed by atoms with Gasteiger partial charge in [0.05, 0.1) is 13.2 Å². The maximum atomic E-state index is 11.0. The summed E-state index contributed by atoms with van der Waals surface area (Å²) in [6.45, 7) is 5.66. The van der Waals surface area contributed by atoms with Gasteiger partial charge in [0.2, 0.25) is 5.91 Å². The van der Waals surface area contributed by atoms with Crippen LogP contribution in [0.4, 0.5) is 0 Å². The summed E-state index contributed by atoms with van der Waals surface area (Å²) in [6, 6.07) is 7.67. The SMILES string of the molecule is CC(C)N(CCCOc1cccc(C(N)=S)c1)CC(N)=O. The van der Waals surface area contributed by atoms with E-state index in [2.05, 4.69) is 0 Å². The van der Waals surface area contributed by atoms with Gasteiger partial charge in [-0.15, -0.1) is 0 Å². The summed E-state index contributed by atoms with van der Waals surface area (Å²) in [4.78, 5) is 13.4. The third-order valence-corrected chi connectivity index (χ3v) is 3.30. The van der Waals surface area contributed by atoms with E-state index >= 15 is 0 Å². The third kappa shape index (κ3) is 6.55. The molecule has 0 saturated heterocycles. The van der Waals surface area contributed by atoms with Crippen molar-refractivity contribution in [3.63, 3.8) is 0 Å². The summed E-state index contributed by atoms with van der Waals surface area (Å²) >= 11 is 4.93. The summed E-state index contributed by atoms with van der Waals surface area (Å²) in [5.74, 6) is 0.431. The van der Waals surface area contributed by atoms with Crippen molar-refractivity contribution in [3.8, 4) is 5.75 Å². The molecule has 0 bridgehead atoms. The number of thiocarbonyl (C=S) groups is 1. The minimum absolute atomic E-state index is 0.272. The maximum absolute atomic E-state index is 11.0. The number of primary amides is 1. The highest BCUT2D eigenvalue weighted by Gasteiger charge is 2.11. The predicted molar refractivity (Wildman–Crippen MR) is 88.3 cm³/mol.